The molecular formula is C38H44ClN5O5S. The van der Waals surface area contributed by atoms with Crippen LogP contribution < -0.4 is 5.56 Å². The fourth-order valence-electron chi connectivity index (χ4n) is 7.55. The van der Waals surface area contributed by atoms with Crippen LogP contribution in [0.5, 0.6) is 0 Å². The maximum absolute atomic E-state index is 13.6. The van der Waals surface area contributed by atoms with Crippen molar-refractivity contribution < 1.29 is 19.4 Å². The van der Waals surface area contributed by atoms with Gasteiger partial charge in [-0.2, -0.15) is 4.37 Å². The SMILES string of the molecule is CN(C(=O)OC(C)(C)C)C1CCc2cc(-c3snc4c(=O)n(CC5(O)CCN(C(=O)CC(c6ccccc6)C6CC6)CC5)cnc34)cc(Cl)c21. The van der Waals surface area contributed by atoms with Crippen molar-refractivity contribution in [2.45, 2.75) is 95.4 Å². The van der Waals surface area contributed by atoms with E-state index < -0.39 is 17.3 Å². The highest BCUT2D eigenvalue weighted by Gasteiger charge is 2.39. The van der Waals surface area contributed by atoms with Crippen LogP contribution in [0.15, 0.2) is 53.6 Å². The average molecular weight is 718 g/mol. The van der Waals surface area contributed by atoms with Gasteiger partial charge in [-0.3, -0.25) is 14.2 Å². The Balaban J connectivity index is 1.03. The Bertz CT molecular complexity index is 1980. The molecule has 12 heteroatoms. The highest BCUT2D eigenvalue weighted by atomic mass is 35.5. The summed E-state index contributed by atoms with van der Waals surface area (Å²) in [7, 11) is 1.74. The Morgan fingerprint density at radius 3 is 2.52 bits per heavy atom. The quantitative estimate of drug-likeness (QED) is 0.209. The Morgan fingerprint density at radius 1 is 1.12 bits per heavy atom. The van der Waals surface area contributed by atoms with E-state index >= 15 is 0 Å². The van der Waals surface area contributed by atoms with Gasteiger partial charge >= 0.3 is 6.09 Å². The minimum Gasteiger partial charge on any atom is -0.444 e. The van der Waals surface area contributed by atoms with Gasteiger partial charge in [-0.1, -0.05) is 41.9 Å². The molecule has 0 spiro atoms. The molecule has 0 bridgehead atoms. The molecule has 1 N–H and O–H groups in total. The van der Waals surface area contributed by atoms with E-state index in [1.54, 1.807) is 11.9 Å². The molecular weight excluding hydrogens is 674 g/mol. The second-order valence-corrected chi connectivity index (χ2v) is 16.4. The van der Waals surface area contributed by atoms with E-state index in [2.05, 4.69) is 27.6 Å². The molecule has 7 rings (SSSR count). The molecule has 3 heterocycles. The smallest absolute Gasteiger partial charge is 0.410 e. The van der Waals surface area contributed by atoms with Gasteiger partial charge in [0.1, 0.15) is 11.1 Å². The summed E-state index contributed by atoms with van der Waals surface area (Å²) in [4.78, 5) is 48.6. The van der Waals surface area contributed by atoms with Gasteiger partial charge < -0.3 is 19.6 Å². The first kappa shape index (κ1) is 34.6. The molecule has 0 radical (unpaired) electrons. The summed E-state index contributed by atoms with van der Waals surface area (Å²) in [5.74, 6) is 0.924. The van der Waals surface area contributed by atoms with E-state index in [0.717, 1.165) is 47.3 Å². The topological polar surface area (TPSA) is 118 Å². The zero-order valence-corrected chi connectivity index (χ0v) is 30.6. The van der Waals surface area contributed by atoms with Gasteiger partial charge in [-0.25, -0.2) is 9.78 Å². The number of benzene rings is 2. The van der Waals surface area contributed by atoms with E-state index in [1.165, 1.54) is 28.0 Å². The van der Waals surface area contributed by atoms with Crippen LogP contribution in [0, 0.1) is 5.92 Å². The number of carbonyl (C=O) groups excluding carboxylic acids is 2. The first-order valence-corrected chi connectivity index (χ1v) is 18.6. The first-order chi connectivity index (χ1) is 23.8. The van der Waals surface area contributed by atoms with Crippen LogP contribution in [0.2, 0.25) is 5.02 Å². The normalized spacial score (nSPS) is 19.3. The van der Waals surface area contributed by atoms with Crippen molar-refractivity contribution in [2.75, 3.05) is 20.1 Å². The van der Waals surface area contributed by atoms with Crippen molar-refractivity contribution in [3.05, 3.63) is 80.9 Å². The van der Waals surface area contributed by atoms with Crippen LogP contribution in [-0.4, -0.2) is 72.2 Å². The lowest BCUT2D eigenvalue weighted by Crippen LogP contribution is -2.49. The van der Waals surface area contributed by atoms with Gasteiger partial charge in [-0.15, -0.1) is 0 Å². The van der Waals surface area contributed by atoms with Crippen LogP contribution in [0.3, 0.4) is 0 Å². The zero-order valence-electron chi connectivity index (χ0n) is 29.0. The number of piperidine rings is 1. The van der Waals surface area contributed by atoms with Crippen LogP contribution >= 0.6 is 23.1 Å². The number of aryl methyl sites for hydroxylation is 1. The number of ether oxygens (including phenoxy) is 1. The molecule has 1 aliphatic heterocycles. The average Bonchev–Trinajstić information content (AvgIpc) is 3.67. The number of aromatic nitrogens is 3. The predicted octanol–water partition coefficient (Wildman–Crippen LogP) is 6.97. The fourth-order valence-corrected chi connectivity index (χ4v) is 8.73. The molecule has 1 saturated heterocycles. The van der Waals surface area contributed by atoms with Crippen molar-refractivity contribution in [3.63, 3.8) is 0 Å². The van der Waals surface area contributed by atoms with Gasteiger partial charge in [0.05, 0.1) is 29.4 Å². The minimum atomic E-state index is -1.14. The second kappa shape index (κ2) is 13.4. The van der Waals surface area contributed by atoms with E-state index in [1.807, 2.05) is 49.9 Å². The van der Waals surface area contributed by atoms with Crippen molar-refractivity contribution >= 4 is 46.2 Å². The highest BCUT2D eigenvalue weighted by Crippen LogP contribution is 2.45. The maximum Gasteiger partial charge on any atom is 0.410 e. The van der Waals surface area contributed by atoms with E-state index in [0.29, 0.717) is 48.8 Å². The number of halogens is 1. The number of fused-ring (bicyclic) bond motifs is 2. The number of hydrogen-bond acceptors (Lipinski definition) is 8. The minimum absolute atomic E-state index is 0.0790. The number of nitrogens with zero attached hydrogens (tertiary/aromatic N) is 5. The summed E-state index contributed by atoms with van der Waals surface area (Å²) < 4.78 is 11.5. The summed E-state index contributed by atoms with van der Waals surface area (Å²) >= 11 is 8.06. The molecule has 4 aromatic rings. The molecule has 50 heavy (non-hydrogen) atoms. The molecule has 2 unspecified atom stereocenters. The van der Waals surface area contributed by atoms with Gasteiger partial charge in [0.15, 0.2) is 5.52 Å². The van der Waals surface area contributed by atoms with Crippen molar-refractivity contribution in [2.24, 2.45) is 5.92 Å². The molecule has 3 aliphatic rings. The van der Waals surface area contributed by atoms with Gasteiger partial charge in [0.25, 0.3) is 5.56 Å². The molecule has 2 aromatic heterocycles. The standard InChI is InChI=1S/C38H44ClN5O5S/c1-37(2,3)49-36(47)42(4)29-13-12-25-18-26(19-28(39)31(25)29)34-32-33(41-50-34)35(46)44(22-40-32)21-38(48)14-16-43(17-15-38)30(45)20-27(24-10-11-24)23-8-6-5-7-9-23/h5-9,18-19,22,24,27,29,48H,10-17,20-21H2,1-4H3. The van der Waals surface area contributed by atoms with Gasteiger partial charge in [-0.05, 0) is 117 Å². The largest absolute Gasteiger partial charge is 0.444 e. The molecule has 2 amide bonds. The monoisotopic (exact) mass is 717 g/mol. The summed E-state index contributed by atoms with van der Waals surface area (Å²) in [6, 6.07) is 14.0. The molecule has 2 aliphatic carbocycles. The first-order valence-electron chi connectivity index (χ1n) is 17.5. The lowest BCUT2D eigenvalue weighted by Gasteiger charge is -2.38. The number of carbonyl (C=O) groups is 2. The number of rotatable bonds is 8. The van der Waals surface area contributed by atoms with E-state index in [-0.39, 0.29) is 35.5 Å². The van der Waals surface area contributed by atoms with Crippen molar-refractivity contribution in [1.82, 2.24) is 23.7 Å². The summed E-state index contributed by atoms with van der Waals surface area (Å²) in [5.41, 5.74) is 2.67. The maximum atomic E-state index is 13.6. The number of amides is 2. The number of likely N-dealkylation sites (tertiary alicyclic amines) is 1. The molecule has 10 nitrogen and oxygen atoms in total. The van der Waals surface area contributed by atoms with Gasteiger partial charge in [0.2, 0.25) is 5.91 Å². The lowest BCUT2D eigenvalue weighted by atomic mass is 9.88. The third-order valence-corrected chi connectivity index (χ3v) is 11.6. The van der Waals surface area contributed by atoms with Crippen LogP contribution in [0.4, 0.5) is 4.79 Å². The Kier molecular flexibility index (Phi) is 9.28. The second-order valence-electron chi connectivity index (χ2n) is 15.2. The Hall–Kier alpha value is -3.80. The number of aliphatic hydroxyl groups is 1. The Labute approximate surface area is 301 Å². The molecule has 2 aromatic carbocycles. The number of hydrogen-bond donors (Lipinski definition) is 1. The molecule has 1 saturated carbocycles. The summed E-state index contributed by atoms with van der Waals surface area (Å²) in [6.45, 7) is 6.50. The zero-order chi connectivity index (χ0) is 35.4. The van der Waals surface area contributed by atoms with Crippen LogP contribution in [0.1, 0.15) is 87.9 Å². The Morgan fingerprint density at radius 2 is 1.84 bits per heavy atom. The third kappa shape index (κ3) is 7.05. The molecule has 2 fully saturated rings. The molecule has 2 atom stereocenters. The summed E-state index contributed by atoms with van der Waals surface area (Å²) in [5, 5.41) is 12.1. The fraction of sp³-hybridized carbons (Fsp3) is 0.500. The van der Waals surface area contributed by atoms with Crippen molar-refractivity contribution in [1.29, 1.82) is 0 Å². The molecule has 264 valence electrons. The van der Waals surface area contributed by atoms with E-state index in [4.69, 9.17) is 16.3 Å². The van der Waals surface area contributed by atoms with Crippen LogP contribution in [-0.2, 0) is 22.5 Å². The van der Waals surface area contributed by atoms with Crippen LogP contribution in [0.25, 0.3) is 21.5 Å². The highest BCUT2D eigenvalue weighted by molar-refractivity contribution is 7.11. The van der Waals surface area contributed by atoms with Gasteiger partial charge in [0, 0.05) is 31.6 Å². The predicted molar refractivity (Wildman–Crippen MR) is 194 cm³/mol. The lowest BCUT2D eigenvalue weighted by molar-refractivity contribution is -0.136. The van der Waals surface area contributed by atoms with Crippen molar-refractivity contribution in [3.8, 4) is 10.4 Å². The summed E-state index contributed by atoms with van der Waals surface area (Å²) in [6.07, 6.45) is 6.13. The van der Waals surface area contributed by atoms with E-state index in [9.17, 15) is 19.5 Å². The third-order valence-electron chi connectivity index (χ3n) is 10.4.